The van der Waals surface area contributed by atoms with E-state index in [0.717, 1.165) is 38.7 Å². The third-order valence-electron chi connectivity index (χ3n) is 3.41. The van der Waals surface area contributed by atoms with Gasteiger partial charge in [0, 0.05) is 12.6 Å². The van der Waals surface area contributed by atoms with Crippen LogP contribution in [0.15, 0.2) is 0 Å². The second-order valence-corrected chi connectivity index (χ2v) is 6.05. The number of hydrogen-bond donors (Lipinski definition) is 1. The Hall–Kier alpha value is -0.610. The number of carbonyl (C=O) groups excluding carboxylic acids is 1. The SMILES string of the molecule is CCCC(C)OCCCCC(C)(NC(C)C)C(=O)OC. The molecule has 0 heterocycles. The third kappa shape index (κ3) is 7.85. The highest BCUT2D eigenvalue weighted by Gasteiger charge is 2.33. The summed E-state index contributed by atoms with van der Waals surface area (Å²) in [6.07, 6.45) is 5.28. The van der Waals surface area contributed by atoms with E-state index in [1.54, 1.807) is 0 Å². The van der Waals surface area contributed by atoms with Crippen LogP contribution in [0.25, 0.3) is 0 Å². The molecule has 0 radical (unpaired) electrons. The van der Waals surface area contributed by atoms with Crippen LogP contribution in [0, 0.1) is 0 Å². The van der Waals surface area contributed by atoms with E-state index in [2.05, 4.69) is 19.2 Å². The molecule has 0 aromatic heterocycles. The van der Waals surface area contributed by atoms with Gasteiger partial charge in [0.15, 0.2) is 0 Å². The summed E-state index contributed by atoms with van der Waals surface area (Å²) in [5, 5.41) is 3.31. The molecule has 2 unspecified atom stereocenters. The minimum atomic E-state index is -0.599. The van der Waals surface area contributed by atoms with E-state index in [4.69, 9.17) is 9.47 Å². The highest BCUT2D eigenvalue weighted by atomic mass is 16.5. The summed E-state index contributed by atoms with van der Waals surface area (Å²) in [7, 11) is 1.44. The van der Waals surface area contributed by atoms with Gasteiger partial charge in [-0.3, -0.25) is 10.1 Å². The Kier molecular flexibility index (Phi) is 9.86. The molecule has 0 aliphatic carbocycles. The van der Waals surface area contributed by atoms with Gasteiger partial charge >= 0.3 is 5.97 Å². The van der Waals surface area contributed by atoms with Crippen molar-refractivity contribution in [1.82, 2.24) is 5.32 Å². The maximum Gasteiger partial charge on any atom is 0.325 e. The largest absolute Gasteiger partial charge is 0.468 e. The first kappa shape index (κ1) is 19.4. The van der Waals surface area contributed by atoms with Gasteiger partial charge in [-0.1, -0.05) is 13.3 Å². The molecule has 20 heavy (non-hydrogen) atoms. The van der Waals surface area contributed by atoms with Crippen molar-refractivity contribution in [2.45, 2.75) is 84.4 Å². The number of unbranched alkanes of at least 4 members (excludes halogenated alkanes) is 1. The molecule has 4 heteroatoms. The Bertz CT molecular complexity index is 268. The maximum atomic E-state index is 11.9. The van der Waals surface area contributed by atoms with Crippen LogP contribution in [0.3, 0.4) is 0 Å². The number of methoxy groups -OCH3 is 1. The first-order chi connectivity index (χ1) is 9.35. The Morgan fingerprint density at radius 3 is 2.40 bits per heavy atom. The van der Waals surface area contributed by atoms with Crippen molar-refractivity contribution in [1.29, 1.82) is 0 Å². The zero-order valence-corrected chi connectivity index (χ0v) is 14.1. The van der Waals surface area contributed by atoms with E-state index >= 15 is 0 Å². The van der Waals surface area contributed by atoms with E-state index in [0.29, 0.717) is 6.10 Å². The minimum absolute atomic E-state index is 0.188. The quantitative estimate of drug-likeness (QED) is 0.468. The standard InChI is InChI=1S/C16H33NO3/c1-7-10-14(4)20-12-9-8-11-16(5,15(18)19-6)17-13(2)3/h13-14,17H,7-12H2,1-6H3. The molecule has 0 spiro atoms. The van der Waals surface area contributed by atoms with Gasteiger partial charge in [-0.2, -0.15) is 0 Å². The molecule has 0 aromatic carbocycles. The van der Waals surface area contributed by atoms with Crippen molar-refractivity contribution >= 4 is 5.97 Å². The van der Waals surface area contributed by atoms with Gasteiger partial charge in [0.2, 0.25) is 0 Å². The van der Waals surface area contributed by atoms with Gasteiger partial charge in [0.1, 0.15) is 5.54 Å². The first-order valence-electron chi connectivity index (χ1n) is 7.83. The highest BCUT2D eigenvalue weighted by Crippen LogP contribution is 2.17. The zero-order chi connectivity index (χ0) is 15.6. The summed E-state index contributed by atoms with van der Waals surface area (Å²) in [5.41, 5.74) is -0.599. The average Bonchev–Trinajstić information content (AvgIpc) is 2.36. The minimum Gasteiger partial charge on any atom is -0.468 e. The van der Waals surface area contributed by atoms with E-state index in [1.807, 2.05) is 20.8 Å². The average molecular weight is 287 g/mol. The molecule has 4 nitrogen and oxygen atoms in total. The molecule has 0 amide bonds. The van der Waals surface area contributed by atoms with Crippen molar-refractivity contribution in [3.05, 3.63) is 0 Å². The van der Waals surface area contributed by atoms with Gasteiger partial charge in [0.05, 0.1) is 13.2 Å². The van der Waals surface area contributed by atoms with Gasteiger partial charge in [-0.05, 0) is 53.4 Å². The van der Waals surface area contributed by atoms with Crippen molar-refractivity contribution in [2.24, 2.45) is 0 Å². The number of ether oxygens (including phenoxy) is 2. The van der Waals surface area contributed by atoms with E-state index in [1.165, 1.54) is 7.11 Å². The molecule has 0 saturated heterocycles. The molecule has 0 rings (SSSR count). The fourth-order valence-electron chi connectivity index (χ4n) is 2.45. The summed E-state index contributed by atoms with van der Waals surface area (Å²) in [6, 6.07) is 0.250. The summed E-state index contributed by atoms with van der Waals surface area (Å²) >= 11 is 0. The summed E-state index contributed by atoms with van der Waals surface area (Å²) in [5.74, 6) is -0.188. The molecular formula is C16H33NO3. The number of carbonyl (C=O) groups is 1. The van der Waals surface area contributed by atoms with Crippen molar-refractivity contribution < 1.29 is 14.3 Å². The lowest BCUT2D eigenvalue weighted by atomic mass is 9.94. The second kappa shape index (κ2) is 10.2. The zero-order valence-electron chi connectivity index (χ0n) is 14.1. The maximum absolute atomic E-state index is 11.9. The van der Waals surface area contributed by atoms with Crippen LogP contribution < -0.4 is 5.32 Å². The lowest BCUT2D eigenvalue weighted by Crippen LogP contribution is -2.52. The fourth-order valence-corrected chi connectivity index (χ4v) is 2.45. The molecule has 2 atom stereocenters. The summed E-state index contributed by atoms with van der Waals surface area (Å²) in [6.45, 7) is 11.0. The van der Waals surface area contributed by atoms with Crippen LogP contribution >= 0.6 is 0 Å². The molecule has 0 fully saturated rings. The molecule has 0 aliphatic rings. The summed E-state index contributed by atoms with van der Waals surface area (Å²) in [4.78, 5) is 11.9. The van der Waals surface area contributed by atoms with E-state index < -0.39 is 5.54 Å². The lowest BCUT2D eigenvalue weighted by molar-refractivity contribution is -0.148. The molecule has 0 aliphatic heterocycles. The molecule has 0 bridgehead atoms. The van der Waals surface area contributed by atoms with Crippen LogP contribution in [0.4, 0.5) is 0 Å². The Balaban J connectivity index is 4.06. The topological polar surface area (TPSA) is 47.6 Å². The number of hydrogen-bond acceptors (Lipinski definition) is 4. The van der Waals surface area contributed by atoms with Crippen molar-refractivity contribution in [3.63, 3.8) is 0 Å². The van der Waals surface area contributed by atoms with Crippen LogP contribution in [-0.4, -0.2) is 37.4 Å². The number of esters is 1. The first-order valence-corrected chi connectivity index (χ1v) is 7.83. The van der Waals surface area contributed by atoms with Gasteiger partial charge in [0.25, 0.3) is 0 Å². The van der Waals surface area contributed by atoms with E-state index in [9.17, 15) is 4.79 Å². The Morgan fingerprint density at radius 2 is 1.90 bits per heavy atom. The predicted molar refractivity (Wildman–Crippen MR) is 82.9 cm³/mol. The Morgan fingerprint density at radius 1 is 1.25 bits per heavy atom. The van der Waals surface area contributed by atoms with Crippen LogP contribution in [0.2, 0.25) is 0 Å². The smallest absolute Gasteiger partial charge is 0.325 e. The molecule has 1 N–H and O–H groups in total. The van der Waals surface area contributed by atoms with Gasteiger partial charge in [-0.25, -0.2) is 0 Å². The monoisotopic (exact) mass is 287 g/mol. The molecular weight excluding hydrogens is 254 g/mol. The van der Waals surface area contributed by atoms with Crippen LogP contribution in [0.1, 0.15) is 66.7 Å². The summed E-state index contributed by atoms with van der Waals surface area (Å²) < 4.78 is 10.6. The fraction of sp³-hybridized carbons (Fsp3) is 0.938. The number of rotatable bonds is 11. The highest BCUT2D eigenvalue weighted by molar-refractivity contribution is 5.80. The number of nitrogens with one attached hydrogen (secondary N) is 1. The van der Waals surface area contributed by atoms with E-state index in [-0.39, 0.29) is 12.0 Å². The molecule has 0 aromatic rings. The van der Waals surface area contributed by atoms with Crippen molar-refractivity contribution in [3.8, 4) is 0 Å². The molecule has 0 saturated carbocycles. The normalized spacial score (nSPS) is 15.9. The van der Waals surface area contributed by atoms with Gasteiger partial charge < -0.3 is 9.47 Å². The third-order valence-corrected chi connectivity index (χ3v) is 3.41. The predicted octanol–water partition coefficient (Wildman–Crippen LogP) is 3.29. The van der Waals surface area contributed by atoms with Crippen molar-refractivity contribution in [2.75, 3.05) is 13.7 Å². The van der Waals surface area contributed by atoms with Gasteiger partial charge in [-0.15, -0.1) is 0 Å². The van der Waals surface area contributed by atoms with Crippen LogP contribution in [-0.2, 0) is 14.3 Å². The molecule has 120 valence electrons. The second-order valence-electron chi connectivity index (χ2n) is 6.05. The lowest BCUT2D eigenvalue weighted by Gasteiger charge is -2.30. The van der Waals surface area contributed by atoms with Crippen LogP contribution in [0.5, 0.6) is 0 Å². The Labute approximate surface area is 124 Å².